The third kappa shape index (κ3) is 1.95. The highest BCUT2D eigenvalue weighted by molar-refractivity contribution is 5.62. The molecule has 0 atom stereocenters. The Balaban J connectivity index is 2.47. The minimum Gasteiger partial charge on any atom is -0.378 e. The van der Waals surface area contributed by atoms with Crippen molar-refractivity contribution in [3.63, 3.8) is 0 Å². The van der Waals surface area contributed by atoms with Crippen LogP contribution in [0.4, 0.5) is 5.69 Å². The average molecular weight is 240 g/mol. The van der Waals surface area contributed by atoms with Crippen LogP contribution in [0.5, 0.6) is 0 Å². The zero-order valence-electron chi connectivity index (χ0n) is 11.1. The molecule has 0 fully saturated rings. The third-order valence-electron chi connectivity index (χ3n) is 3.13. The minimum atomic E-state index is 0.490. The molecule has 1 aromatic heterocycles. The number of aromatic nitrogens is 2. The number of rotatable bonds is 2. The van der Waals surface area contributed by atoms with Crippen LogP contribution >= 0.6 is 0 Å². The summed E-state index contributed by atoms with van der Waals surface area (Å²) < 4.78 is 1.95. The van der Waals surface area contributed by atoms with Gasteiger partial charge in [0.2, 0.25) is 0 Å². The van der Waals surface area contributed by atoms with E-state index in [1.807, 2.05) is 61.8 Å². The molecule has 0 spiro atoms. The van der Waals surface area contributed by atoms with Crippen LogP contribution in [0.25, 0.3) is 11.4 Å². The van der Waals surface area contributed by atoms with Gasteiger partial charge in [0.25, 0.3) is 0 Å². The lowest BCUT2D eigenvalue weighted by molar-refractivity contribution is 0.883. The average Bonchev–Trinajstić information content (AvgIpc) is 2.66. The number of nitriles is 1. The zero-order valence-corrected chi connectivity index (χ0v) is 11.1. The van der Waals surface area contributed by atoms with Gasteiger partial charge in [-0.15, -0.1) is 0 Å². The molecule has 0 aliphatic heterocycles. The monoisotopic (exact) mass is 240 g/mol. The molecule has 0 N–H and O–H groups in total. The van der Waals surface area contributed by atoms with Crippen LogP contribution in [0.1, 0.15) is 11.4 Å². The number of nitrogens with zero attached hydrogens (tertiary/aromatic N) is 4. The summed E-state index contributed by atoms with van der Waals surface area (Å²) in [6, 6.07) is 10.3. The lowest BCUT2D eigenvalue weighted by Gasteiger charge is -2.12. The van der Waals surface area contributed by atoms with E-state index in [0.29, 0.717) is 5.69 Å². The first kappa shape index (κ1) is 12.2. The van der Waals surface area contributed by atoms with Gasteiger partial charge in [0.1, 0.15) is 11.9 Å². The molecule has 0 unspecified atom stereocenters. The second-order valence-electron chi connectivity index (χ2n) is 4.48. The largest absolute Gasteiger partial charge is 0.378 e. The van der Waals surface area contributed by atoms with Gasteiger partial charge in [0.05, 0.1) is 5.69 Å². The maximum atomic E-state index is 8.99. The van der Waals surface area contributed by atoms with Crippen LogP contribution in [0.15, 0.2) is 24.3 Å². The van der Waals surface area contributed by atoms with E-state index < -0.39 is 0 Å². The van der Waals surface area contributed by atoms with E-state index >= 15 is 0 Å². The summed E-state index contributed by atoms with van der Waals surface area (Å²) in [7, 11) is 5.94. The fourth-order valence-electron chi connectivity index (χ4n) is 1.85. The molecule has 92 valence electrons. The Labute approximate surface area is 107 Å². The molecule has 18 heavy (non-hydrogen) atoms. The van der Waals surface area contributed by atoms with Gasteiger partial charge in [-0.3, -0.25) is 0 Å². The van der Waals surface area contributed by atoms with Crippen LogP contribution in [-0.2, 0) is 7.05 Å². The summed E-state index contributed by atoms with van der Waals surface area (Å²) in [5.41, 5.74) is 3.55. The fourth-order valence-corrected chi connectivity index (χ4v) is 1.85. The Morgan fingerprint density at radius 3 is 2.28 bits per heavy atom. The van der Waals surface area contributed by atoms with Crippen molar-refractivity contribution < 1.29 is 0 Å². The van der Waals surface area contributed by atoms with Crippen molar-refractivity contribution in [2.45, 2.75) is 6.92 Å². The van der Waals surface area contributed by atoms with Crippen LogP contribution in [0.2, 0.25) is 0 Å². The van der Waals surface area contributed by atoms with Gasteiger partial charge in [-0.2, -0.15) is 5.26 Å². The van der Waals surface area contributed by atoms with Gasteiger partial charge in [-0.25, -0.2) is 4.98 Å². The molecule has 0 bridgehead atoms. The van der Waals surface area contributed by atoms with E-state index in [0.717, 1.165) is 22.8 Å². The van der Waals surface area contributed by atoms with Crippen molar-refractivity contribution in [3.8, 4) is 17.5 Å². The molecule has 0 aliphatic rings. The van der Waals surface area contributed by atoms with E-state index in [2.05, 4.69) is 11.1 Å². The zero-order chi connectivity index (χ0) is 13.3. The molecule has 4 heteroatoms. The molecule has 0 amide bonds. The van der Waals surface area contributed by atoms with Crippen LogP contribution in [0.3, 0.4) is 0 Å². The first-order valence-corrected chi connectivity index (χ1v) is 5.75. The number of anilines is 1. The molecule has 1 heterocycles. The molecule has 0 radical (unpaired) electrons. The van der Waals surface area contributed by atoms with Crippen LogP contribution in [-0.4, -0.2) is 23.6 Å². The second kappa shape index (κ2) is 4.53. The number of benzene rings is 1. The number of imidazole rings is 1. The smallest absolute Gasteiger partial charge is 0.162 e. The van der Waals surface area contributed by atoms with E-state index in [4.69, 9.17) is 5.26 Å². The first-order chi connectivity index (χ1) is 8.54. The highest BCUT2D eigenvalue weighted by Crippen LogP contribution is 2.23. The molecule has 0 aliphatic carbocycles. The van der Waals surface area contributed by atoms with Crippen molar-refractivity contribution in [1.29, 1.82) is 5.26 Å². The molecule has 0 saturated heterocycles. The number of hydrogen-bond donors (Lipinski definition) is 0. The van der Waals surface area contributed by atoms with E-state index in [1.54, 1.807) is 0 Å². The second-order valence-corrected chi connectivity index (χ2v) is 4.48. The number of hydrogen-bond acceptors (Lipinski definition) is 3. The Morgan fingerprint density at radius 1 is 1.22 bits per heavy atom. The van der Waals surface area contributed by atoms with Crippen LogP contribution < -0.4 is 4.90 Å². The molecular weight excluding hydrogens is 224 g/mol. The van der Waals surface area contributed by atoms with Gasteiger partial charge in [0, 0.05) is 32.4 Å². The summed E-state index contributed by atoms with van der Waals surface area (Å²) in [5, 5.41) is 8.99. The normalized spacial score (nSPS) is 10.2. The van der Waals surface area contributed by atoms with E-state index in [9.17, 15) is 0 Å². The summed E-state index contributed by atoms with van der Waals surface area (Å²) >= 11 is 0. The first-order valence-electron chi connectivity index (χ1n) is 5.75. The quantitative estimate of drug-likeness (QED) is 0.809. The molecule has 4 nitrogen and oxygen atoms in total. The molecular formula is C14H16N4. The maximum absolute atomic E-state index is 8.99. The highest BCUT2D eigenvalue weighted by atomic mass is 15.1. The standard InChI is InChI=1S/C14H16N4/c1-10-13(9-15)16-14(18(10)4)11-5-7-12(8-6-11)17(2)3/h5-8H,1-4H3. The van der Waals surface area contributed by atoms with Gasteiger partial charge in [-0.1, -0.05) is 0 Å². The Kier molecular flexibility index (Phi) is 3.07. The maximum Gasteiger partial charge on any atom is 0.162 e. The summed E-state index contributed by atoms with van der Waals surface area (Å²) in [5.74, 6) is 0.828. The Hall–Kier alpha value is -2.28. The lowest BCUT2D eigenvalue weighted by atomic mass is 10.2. The Bertz CT molecular complexity index is 600. The van der Waals surface area contributed by atoms with Crippen molar-refractivity contribution in [2.24, 2.45) is 7.05 Å². The fraction of sp³-hybridized carbons (Fsp3) is 0.286. The van der Waals surface area contributed by atoms with Crippen LogP contribution in [0, 0.1) is 18.3 Å². The lowest BCUT2D eigenvalue weighted by Crippen LogP contribution is -2.08. The van der Waals surface area contributed by atoms with Crippen molar-refractivity contribution in [3.05, 3.63) is 35.7 Å². The van der Waals surface area contributed by atoms with Gasteiger partial charge >= 0.3 is 0 Å². The summed E-state index contributed by atoms with van der Waals surface area (Å²) in [6.07, 6.45) is 0. The summed E-state index contributed by atoms with van der Waals surface area (Å²) in [4.78, 5) is 6.41. The SMILES string of the molecule is Cc1c(C#N)nc(-c2ccc(N(C)C)cc2)n1C. The van der Waals surface area contributed by atoms with E-state index in [-0.39, 0.29) is 0 Å². The van der Waals surface area contributed by atoms with Crippen molar-refractivity contribution in [1.82, 2.24) is 9.55 Å². The van der Waals surface area contributed by atoms with Crippen molar-refractivity contribution in [2.75, 3.05) is 19.0 Å². The van der Waals surface area contributed by atoms with Gasteiger partial charge in [-0.05, 0) is 31.2 Å². The molecule has 2 rings (SSSR count). The molecule has 2 aromatic rings. The van der Waals surface area contributed by atoms with Crippen molar-refractivity contribution >= 4 is 5.69 Å². The molecule has 1 aromatic carbocycles. The predicted octanol–water partition coefficient (Wildman–Crippen LogP) is 2.33. The van der Waals surface area contributed by atoms with Gasteiger partial charge in [0.15, 0.2) is 5.69 Å². The highest BCUT2D eigenvalue weighted by Gasteiger charge is 2.12. The predicted molar refractivity (Wildman–Crippen MR) is 72.4 cm³/mol. The summed E-state index contributed by atoms with van der Waals surface area (Å²) in [6.45, 7) is 1.91. The van der Waals surface area contributed by atoms with E-state index in [1.165, 1.54) is 0 Å². The van der Waals surface area contributed by atoms with Gasteiger partial charge < -0.3 is 9.47 Å². The third-order valence-corrected chi connectivity index (χ3v) is 3.13. The topological polar surface area (TPSA) is 44.9 Å². The minimum absolute atomic E-state index is 0.490. The Morgan fingerprint density at radius 2 is 1.83 bits per heavy atom. The molecule has 0 saturated carbocycles.